The standard InChI is InChI=1S/C22H19F3N6O/c23-22(24,25)19(11-2-1-3-11)31-20-17-15-5-4-12(13-7-28-21(26)29-8-13)6-16(15)30-18(17)14(10-32)9-27-20/h4-11,19,30H,1-3H2,(H,27,31)(H2,26,28,29). The zero-order valence-corrected chi connectivity index (χ0v) is 16.8. The van der Waals surface area contributed by atoms with E-state index in [0.29, 0.717) is 40.9 Å². The molecule has 0 radical (unpaired) electrons. The van der Waals surface area contributed by atoms with Crippen molar-refractivity contribution >= 4 is 39.9 Å². The predicted octanol–water partition coefficient (Wildman–Crippen LogP) is 4.71. The first-order valence-corrected chi connectivity index (χ1v) is 10.2. The molecule has 1 atom stereocenters. The molecule has 1 aliphatic carbocycles. The van der Waals surface area contributed by atoms with Gasteiger partial charge in [0.05, 0.1) is 16.5 Å². The first-order chi connectivity index (χ1) is 15.3. The zero-order chi connectivity index (χ0) is 22.5. The fraction of sp³-hybridized carbons (Fsp3) is 0.273. The van der Waals surface area contributed by atoms with Crippen molar-refractivity contribution in [1.29, 1.82) is 0 Å². The first kappa shape index (κ1) is 20.2. The molecule has 164 valence electrons. The number of hydrogen-bond acceptors (Lipinski definition) is 6. The average molecular weight is 440 g/mol. The van der Waals surface area contributed by atoms with E-state index in [0.717, 1.165) is 17.5 Å². The van der Waals surface area contributed by atoms with Crippen LogP contribution in [0, 0.1) is 5.92 Å². The number of aromatic amines is 1. The van der Waals surface area contributed by atoms with Crippen molar-refractivity contribution < 1.29 is 18.0 Å². The smallest absolute Gasteiger partial charge is 0.368 e. The maximum atomic E-state index is 13.8. The van der Waals surface area contributed by atoms with Gasteiger partial charge in [0.25, 0.3) is 0 Å². The third-order valence-corrected chi connectivity index (χ3v) is 6.06. The number of carbonyl (C=O) groups is 1. The molecule has 5 rings (SSSR count). The van der Waals surface area contributed by atoms with Crippen LogP contribution in [0.5, 0.6) is 0 Å². The minimum Gasteiger partial charge on any atom is -0.368 e. The summed E-state index contributed by atoms with van der Waals surface area (Å²) in [5.74, 6) is -0.224. The summed E-state index contributed by atoms with van der Waals surface area (Å²) in [4.78, 5) is 26.9. The molecule has 7 nitrogen and oxygen atoms in total. The number of fused-ring (bicyclic) bond motifs is 3. The molecule has 0 spiro atoms. The molecule has 0 saturated heterocycles. The van der Waals surface area contributed by atoms with E-state index in [2.05, 4.69) is 25.3 Å². The second-order valence-electron chi connectivity index (χ2n) is 8.00. The maximum absolute atomic E-state index is 13.8. The van der Waals surface area contributed by atoms with Crippen molar-refractivity contribution in [2.75, 3.05) is 11.1 Å². The van der Waals surface area contributed by atoms with Gasteiger partial charge in [0, 0.05) is 35.1 Å². The highest BCUT2D eigenvalue weighted by Gasteiger charge is 2.47. The lowest BCUT2D eigenvalue weighted by molar-refractivity contribution is -0.159. The Bertz CT molecular complexity index is 1310. The van der Waals surface area contributed by atoms with E-state index in [1.54, 1.807) is 18.5 Å². The van der Waals surface area contributed by atoms with Crippen LogP contribution in [0.3, 0.4) is 0 Å². The highest BCUT2D eigenvalue weighted by Crippen LogP contribution is 2.41. The molecule has 0 bridgehead atoms. The lowest BCUT2D eigenvalue weighted by Crippen LogP contribution is -2.45. The van der Waals surface area contributed by atoms with Crippen molar-refractivity contribution in [2.24, 2.45) is 5.92 Å². The lowest BCUT2D eigenvalue weighted by Gasteiger charge is -2.35. The molecule has 3 aromatic heterocycles. The number of H-pyrrole nitrogens is 1. The van der Waals surface area contributed by atoms with E-state index in [4.69, 9.17) is 5.73 Å². The van der Waals surface area contributed by atoms with Gasteiger partial charge in [-0.1, -0.05) is 18.6 Å². The Morgan fingerprint density at radius 2 is 1.88 bits per heavy atom. The Hall–Kier alpha value is -3.69. The van der Waals surface area contributed by atoms with Gasteiger partial charge in [0.1, 0.15) is 11.9 Å². The first-order valence-electron chi connectivity index (χ1n) is 10.2. The van der Waals surface area contributed by atoms with E-state index in [9.17, 15) is 18.0 Å². The van der Waals surface area contributed by atoms with Crippen LogP contribution in [0.1, 0.15) is 29.6 Å². The van der Waals surface area contributed by atoms with E-state index in [-0.39, 0.29) is 17.3 Å². The number of hydrogen-bond donors (Lipinski definition) is 3. The van der Waals surface area contributed by atoms with Crippen LogP contribution in [0.15, 0.2) is 36.8 Å². The second kappa shape index (κ2) is 7.47. The maximum Gasteiger partial charge on any atom is 0.408 e. The number of alkyl halides is 3. The monoisotopic (exact) mass is 440 g/mol. The predicted molar refractivity (Wildman–Crippen MR) is 115 cm³/mol. The van der Waals surface area contributed by atoms with Crippen LogP contribution in [0.4, 0.5) is 24.9 Å². The van der Waals surface area contributed by atoms with Crippen LogP contribution in [-0.4, -0.2) is 38.4 Å². The number of benzene rings is 1. The summed E-state index contributed by atoms with van der Waals surface area (Å²) in [5.41, 5.74) is 8.43. The normalized spacial score (nSPS) is 15.6. The molecule has 4 aromatic rings. The van der Waals surface area contributed by atoms with Crippen LogP contribution in [0.2, 0.25) is 0 Å². The Kier molecular flexibility index (Phi) is 4.72. The molecule has 1 fully saturated rings. The zero-order valence-electron chi connectivity index (χ0n) is 16.8. The van der Waals surface area contributed by atoms with E-state index >= 15 is 0 Å². The van der Waals surface area contributed by atoms with Crippen molar-refractivity contribution in [2.45, 2.75) is 31.5 Å². The molecular formula is C22H19F3N6O. The minimum absolute atomic E-state index is 0.106. The number of nitrogen functional groups attached to an aromatic ring is 1. The lowest BCUT2D eigenvalue weighted by atomic mass is 9.79. The van der Waals surface area contributed by atoms with Gasteiger partial charge < -0.3 is 16.0 Å². The van der Waals surface area contributed by atoms with Gasteiger partial charge in [-0.25, -0.2) is 15.0 Å². The van der Waals surface area contributed by atoms with Gasteiger partial charge in [-0.3, -0.25) is 4.79 Å². The minimum atomic E-state index is -4.41. The number of nitrogens with two attached hydrogens (primary N) is 1. The number of nitrogens with one attached hydrogen (secondary N) is 2. The Morgan fingerprint density at radius 1 is 1.12 bits per heavy atom. The van der Waals surface area contributed by atoms with Gasteiger partial charge in [0.2, 0.25) is 5.95 Å². The SMILES string of the molecule is Nc1ncc(-c2ccc3c(c2)[nH]c2c(C=O)cnc(NC(C4CCC4)C(F)(F)F)c23)cn1. The highest BCUT2D eigenvalue weighted by molar-refractivity contribution is 6.16. The van der Waals surface area contributed by atoms with Crippen molar-refractivity contribution in [3.8, 4) is 11.1 Å². The highest BCUT2D eigenvalue weighted by atomic mass is 19.4. The second-order valence-corrected chi connectivity index (χ2v) is 8.00. The third kappa shape index (κ3) is 3.41. The van der Waals surface area contributed by atoms with Gasteiger partial charge in [-0.05, 0) is 30.4 Å². The molecule has 1 aliphatic rings. The van der Waals surface area contributed by atoms with Crippen molar-refractivity contribution in [1.82, 2.24) is 19.9 Å². The summed E-state index contributed by atoms with van der Waals surface area (Å²) in [6, 6.07) is 3.74. The number of aldehydes is 1. The quantitative estimate of drug-likeness (QED) is 0.388. The molecular weight excluding hydrogens is 421 g/mol. The molecule has 1 saturated carbocycles. The van der Waals surface area contributed by atoms with Gasteiger partial charge in [-0.15, -0.1) is 0 Å². The van der Waals surface area contributed by atoms with Crippen LogP contribution < -0.4 is 11.1 Å². The number of nitrogens with zero attached hydrogens (tertiary/aromatic N) is 3. The number of aromatic nitrogens is 4. The summed E-state index contributed by atoms with van der Waals surface area (Å²) in [5, 5.41) is 3.76. The van der Waals surface area contributed by atoms with Crippen LogP contribution in [-0.2, 0) is 0 Å². The molecule has 1 aromatic carbocycles. The fourth-order valence-electron chi connectivity index (χ4n) is 4.18. The summed E-state index contributed by atoms with van der Waals surface area (Å²) in [7, 11) is 0. The van der Waals surface area contributed by atoms with Crippen molar-refractivity contribution in [3.05, 3.63) is 42.4 Å². The fourth-order valence-corrected chi connectivity index (χ4v) is 4.18. The van der Waals surface area contributed by atoms with Gasteiger partial charge >= 0.3 is 6.18 Å². The summed E-state index contributed by atoms with van der Waals surface area (Å²) >= 11 is 0. The summed E-state index contributed by atoms with van der Waals surface area (Å²) in [6.07, 6.45) is 2.52. The molecule has 3 heterocycles. The number of carbonyl (C=O) groups excluding carboxylic acids is 1. The summed E-state index contributed by atoms with van der Waals surface area (Å²) in [6.45, 7) is 0. The number of pyridine rings is 1. The van der Waals surface area contributed by atoms with Gasteiger partial charge in [0.15, 0.2) is 6.29 Å². The topological polar surface area (TPSA) is 110 Å². The number of rotatable bonds is 5. The summed E-state index contributed by atoms with van der Waals surface area (Å²) < 4.78 is 41.3. The largest absolute Gasteiger partial charge is 0.408 e. The van der Waals surface area contributed by atoms with E-state index < -0.39 is 18.1 Å². The van der Waals surface area contributed by atoms with Crippen LogP contribution >= 0.6 is 0 Å². The molecule has 0 aliphatic heterocycles. The molecule has 1 unspecified atom stereocenters. The van der Waals surface area contributed by atoms with Gasteiger partial charge in [-0.2, -0.15) is 13.2 Å². The Labute approximate surface area is 180 Å². The molecule has 0 amide bonds. The number of halogens is 3. The van der Waals surface area contributed by atoms with E-state index in [1.165, 1.54) is 6.20 Å². The molecule has 4 N–H and O–H groups in total. The number of anilines is 2. The van der Waals surface area contributed by atoms with Crippen LogP contribution in [0.25, 0.3) is 32.9 Å². The Balaban J connectivity index is 1.64. The third-order valence-electron chi connectivity index (χ3n) is 6.06. The van der Waals surface area contributed by atoms with Crippen molar-refractivity contribution in [3.63, 3.8) is 0 Å². The molecule has 10 heteroatoms. The average Bonchev–Trinajstić information content (AvgIpc) is 3.11. The molecule has 32 heavy (non-hydrogen) atoms. The Morgan fingerprint density at radius 3 is 2.50 bits per heavy atom. The van der Waals surface area contributed by atoms with E-state index in [1.807, 2.05) is 12.1 Å².